The molecule has 2 unspecified atom stereocenters. The second-order valence-electron chi connectivity index (χ2n) is 8.09. The Balaban J connectivity index is 1.34. The first-order chi connectivity index (χ1) is 13.1. The fourth-order valence-electron chi connectivity index (χ4n) is 4.53. The lowest BCUT2D eigenvalue weighted by Gasteiger charge is -2.37. The number of anilines is 1. The third-order valence-electron chi connectivity index (χ3n) is 5.84. The van der Waals surface area contributed by atoms with Gasteiger partial charge in [0.2, 0.25) is 0 Å². The number of piperidine rings is 1. The lowest BCUT2D eigenvalue weighted by molar-refractivity contribution is -0.0690. The molecule has 0 bridgehead atoms. The van der Waals surface area contributed by atoms with Crippen molar-refractivity contribution in [1.82, 2.24) is 14.9 Å². The molecule has 2 atom stereocenters. The number of aromatic nitrogens is 2. The normalized spacial score (nSPS) is 25.2. The fourth-order valence-corrected chi connectivity index (χ4v) is 4.53. The van der Waals surface area contributed by atoms with Crippen LogP contribution in [0.5, 0.6) is 0 Å². The lowest BCUT2D eigenvalue weighted by atomic mass is 9.93. The average Bonchev–Trinajstić information content (AvgIpc) is 2.66. The first kappa shape index (κ1) is 18.6. The zero-order valence-electron chi connectivity index (χ0n) is 16.3. The summed E-state index contributed by atoms with van der Waals surface area (Å²) in [5.74, 6) is 1.38. The van der Waals surface area contributed by atoms with Gasteiger partial charge in [-0.1, -0.05) is 0 Å². The molecular weight excluding hydrogens is 343 g/mol. The van der Waals surface area contributed by atoms with Crippen molar-refractivity contribution in [2.75, 3.05) is 37.6 Å². The summed E-state index contributed by atoms with van der Waals surface area (Å²) in [7, 11) is 0. The van der Waals surface area contributed by atoms with Gasteiger partial charge in [-0.2, -0.15) is 0 Å². The van der Waals surface area contributed by atoms with Crippen LogP contribution in [0.2, 0.25) is 0 Å². The van der Waals surface area contributed by atoms with Crippen LogP contribution in [0.1, 0.15) is 33.1 Å². The first-order valence-corrected chi connectivity index (χ1v) is 10.1. The number of nitrogens with zero attached hydrogens (tertiary/aromatic N) is 4. The van der Waals surface area contributed by atoms with Gasteiger partial charge in [0.15, 0.2) is 0 Å². The second-order valence-corrected chi connectivity index (χ2v) is 8.09. The van der Waals surface area contributed by atoms with Crippen molar-refractivity contribution in [3.8, 4) is 0 Å². The van der Waals surface area contributed by atoms with Gasteiger partial charge in [-0.15, -0.1) is 0 Å². The minimum atomic E-state index is -0.234. The molecule has 0 N–H and O–H groups in total. The van der Waals surface area contributed by atoms with Gasteiger partial charge in [0.05, 0.1) is 17.7 Å². The van der Waals surface area contributed by atoms with Crippen molar-refractivity contribution in [3.63, 3.8) is 0 Å². The van der Waals surface area contributed by atoms with Crippen molar-refractivity contribution < 1.29 is 9.13 Å². The summed E-state index contributed by atoms with van der Waals surface area (Å²) >= 11 is 0. The molecule has 0 amide bonds. The Kier molecular flexibility index (Phi) is 5.55. The Bertz CT molecular complexity index is 768. The van der Waals surface area contributed by atoms with Gasteiger partial charge in [-0.05, 0) is 63.8 Å². The Morgan fingerprint density at radius 3 is 2.59 bits per heavy atom. The Labute approximate surface area is 160 Å². The highest BCUT2D eigenvalue weighted by atomic mass is 19.1. The second kappa shape index (κ2) is 8.07. The number of benzene rings is 1. The number of ether oxygens (including phenoxy) is 1. The standard InChI is InChI=1S/C21H29FN4O/c1-15-12-25(13-16(2)27-15)8-5-17-6-9-26(10-7-17)21-19-11-18(22)3-4-20(19)23-14-24-21/h3-4,11,14-17H,5-10,12-13H2,1-2H3. The van der Waals surface area contributed by atoms with Gasteiger partial charge < -0.3 is 9.64 Å². The van der Waals surface area contributed by atoms with E-state index in [0.717, 1.165) is 68.2 Å². The summed E-state index contributed by atoms with van der Waals surface area (Å²) in [5.41, 5.74) is 0.805. The Morgan fingerprint density at radius 2 is 1.85 bits per heavy atom. The van der Waals surface area contributed by atoms with Crippen molar-refractivity contribution in [2.24, 2.45) is 5.92 Å². The number of rotatable bonds is 4. The third kappa shape index (κ3) is 4.38. The van der Waals surface area contributed by atoms with E-state index in [-0.39, 0.29) is 5.82 Å². The zero-order chi connectivity index (χ0) is 18.8. The summed E-state index contributed by atoms with van der Waals surface area (Å²) in [5, 5.41) is 0.812. The molecule has 6 heteroatoms. The highest BCUT2D eigenvalue weighted by Crippen LogP contribution is 2.29. The highest BCUT2D eigenvalue weighted by molar-refractivity contribution is 5.89. The molecule has 0 aliphatic carbocycles. The van der Waals surface area contributed by atoms with Gasteiger partial charge in [0.1, 0.15) is 18.0 Å². The van der Waals surface area contributed by atoms with Crippen LogP contribution >= 0.6 is 0 Å². The van der Waals surface area contributed by atoms with Crippen LogP contribution < -0.4 is 4.90 Å². The maximum atomic E-state index is 13.7. The molecule has 2 fully saturated rings. The quantitative estimate of drug-likeness (QED) is 0.822. The summed E-state index contributed by atoms with van der Waals surface area (Å²) in [6, 6.07) is 4.74. The molecule has 2 aliphatic rings. The molecule has 27 heavy (non-hydrogen) atoms. The molecule has 0 radical (unpaired) electrons. The van der Waals surface area contributed by atoms with Crippen LogP contribution in [0.25, 0.3) is 10.9 Å². The number of hydrogen-bond acceptors (Lipinski definition) is 5. The zero-order valence-corrected chi connectivity index (χ0v) is 16.3. The molecular formula is C21H29FN4O. The minimum Gasteiger partial charge on any atom is -0.373 e. The molecule has 0 saturated carbocycles. The largest absolute Gasteiger partial charge is 0.373 e. The Hall–Kier alpha value is -1.79. The van der Waals surface area contributed by atoms with E-state index in [1.165, 1.54) is 12.5 Å². The SMILES string of the molecule is CC1CN(CCC2CCN(c3ncnc4ccc(F)cc34)CC2)CC(C)O1. The van der Waals surface area contributed by atoms with E-state index in [2.05, 4.69) is 33.6 Å². The molecule has 2 aliphatic heterocycles. The number of fused-ring (bicyclic) bond motifs is 1. The van der Waals surface area contributed by atoms with Crippen LogP contribution in [0.3, 0.4) is 0 Å². The molecule has 5 nitrogen and oxygen atoms in total. The van der Waals surface area contributed by atoms with E-state index in [9.17, 15) is 4.39 Å². The maximum absolute atomic E-state index is 13.7. The molecule has 1 aromatic carbocycles. The van der Waals surface area contributed by atoms with Gasteiger partial charge >= 0.3 is 0 Å². The number of morpholine rings is 1. The van der Waals surface area contributed by atoms with Crippen molar-refractivity contribution in [2.45, 2.75) is 45.3 Å². The molecule has 0 spiro atoms. The summed E-state index contributed by atoms with van der Waals surface area (Å²) in [6.45, 7) is 9.52. The van der Waals surface area contributed by atoms with Gasteiger partial charge in [0, 0.05) is 31.6 Å². The van der Waals surface area contributed by atoms with E-state index >= 15 is 0 Å². The summed E-state index contributed by atoms with van der Waals surface area (Å²) in [4.78, 5) is 13.6. The third-order valence-corrected chi connectivity index (χ3v) is 5.84. The molecule has 146 valence electrons. The smallest absolute Gasteiger partial charge is 0.139 e. The fraction of sp³-hybridized carbons (Fsp3) is 0.619. The van der Waals surface area contributed by atoms with Crippen molar-refractivity contribution in [1.29, 1.82) is 0 Å². The van der Waals surface area contributed by atoms with Crippen molar-refractivity contribution >= 4 is 16.7 Å². The van der Waals surface area contributed by atoms with Crippen LogP contribution in [-0.4, -0.2) is 59.8 Å². The summed E-state index contributed by atoms with van der Waals surface area (Å²) < 4.78 is 19.5. The van der Waals surface area contributed by atoms with Crippen molar-refractivity contribution in [3.05, 3.63) is 30.3 Å². The predicted octanol–water partition coefficient (Wildman–Crippen LogP) is 3.48. The topological polar surface area (TPSA) is 41.5 Å². The summed E-state index contributed by atoms with van der Waals surface area (Å²) in [6.07, 6.45) is 5.82. The van der Waals surface area contributed by atoms with Gasteiger partial charge in [-0.3, -0.25) is 4.90 Å². The van der Waals surface area contributed by atoms with E-state index in [4.69, 9.17) is 4.74 Å². The van der Waals surface area contributed by atoms with Crippen LogP contribution in [-0.2, 0) is 4.74 Å². The van der Waals surface area contributed by atoms with E-state index in [1.807, 2.05) is 0 Å². The minimum absolute atomic E-state index is 0.234. The van der Waals surface area contributed by atoms with E-state index in [1.54, 1.807) is 18.5 Å². The molecule has 2 saturated heterocycles. The van der Waals surface area contributed by atoms with Crippen LogP contribution in [0, 0.1) is 11.7 Å². The molecule has 3 heterocycles. The number of halogens is 1. The number of hydrogen-bond donors (Lipinski definition) is 0. The molecule has 2 aromatic rings. The van der Waals surface area contributed by atoms with Gasteiger partial charge in [0.25, 0.3) is 0 Å². The predicted molar refractivity (Wildman–Crippen MR) is 105 cm³/mol. The highest BCUT2D eigenvalue weighted by Gasteiger charge is 2.25. The van der Waals surface area contributed by atoms with Crippen LogP contribution in [0.15, 0.2) is 24.5 Å². The molecule has 1 aromatic heterocycles. The van der Waals surface area contributed by atoms with Crippen LogP contribution in [0.4, 0.5) is 10.2 Å². The average molecular weight is 372 g/mol. The monoisotopic (exact) mass is 372 g/mol. The van der Waals surface area contributed by atoms with Gasteiger partial charge in [-0.25, -0.2) is 14.4 Å². The maximum Gasteiger partial charge on any atom is 0.139 e. The molecule has 4 rings (SSSR count). The lowest BCUT2D eigenvalue weighted by Crippen LogP contribution is -2.46. The first-order valence-electron chi connectivity index (χ1n) is 10.1. The van der Waals surface area contributed by atoms with E-state index in [0.29, 0.717) is 12.2 Å². The Morgan fingerprint density at radius 1 is 1.11 bits per heavy atom. The van der Waals surface area contributed by atoms with E-state index < -0.39 is 0 Å².